The lowest BCUT2D eigenvalue weighted by Gasteiger charge is -2.25. The molecule has 0 saturated heterocycles. The summed E-state index contributed by atoms with van der Waals surface area (Å²) in [6.45, 7) is 1.64. The summed E-state index contributed by atoms with van der Waals surface area (Å²) in [4.78, 5) is 11.8. The molecule has 1 aliphatic heterocycles. The van der Waals surface area contributed by atoms with Crippen LogP contribution >= 0.6 is 0 Å². The largest absolute Gasteiger partial charge is 0.326 e. The Morgan fingerprint density at radius 3 is 2.75 bits per heavy atom. The van der Waals surface area contributed by atoms with E-state index < -0.39 is 15.8 Å². The second-order valence-electron chi connectivity index (χ2n) is 5.80. The summed E-state index contributed by atoms with van der Waals surface area (Å²) < 4.78 is 40.6. The Kier molecular flexibility index (Phi) is 4.38. The van der Waals surface area contributed by atoms with Crippen LogP contribution in [0.4, 0.5) is 10.1 Å². The normalized spacial score (nSPS) is 17.2. The number of rotatable bonds is 4. The highest BCUT2D eigenvalue weighted by atomic mass is 32.2. The fourth-order valence-corrected chi connectivity index (χ4v) is 4.19. The molecule has 0 fully saturated rings. The van der Waals surface area contributed by atoms with Gasteiger partial charge in [0.05, 0.1) is 4.90 Å². The second-order valence-corrected chi connectivity index (χ2v) is 7.53. The van der Waals surface area contributed by atoms with Gasteiger partial charge in [-0.15, -0.1) is 0 Å². The zero-order chi connectivity index (χ0) is 17.3. The molecule has 0 bridgehead atoms. The maximum atomic E-state index is 13.2. The number of hydrogen-bond acceptors (Lipinski definition) is 3. The highest BCUT2D eigenvalue weighted by Crippen LogP contribution is 2.31. The number of para-hydroxylation sites is 1. The predicted octanol–water partition coefficient (Wildman–Crippen LogP) is 2.54. The first-order valence-electron chi connectivity index (χ1n) is 7.51. The SMILES string of the molecule is Cc1cc(F)ccc1S(=O)(=O)NC[C@H]1CC(=O)Nc2ccccc21. The molecule has 0 spiro atoms. The highest BCUT2D eigenvalue weighted by Gasteiger charge is 2.27. The lowest BCUT2D eigenvalue weighted by atomic mass is 9.91. The smallest absolute Gasteiger partial charge is 0.240 e. The topological polar surface area (TPSA) is 75.3 Å². The number of nitrogens with one attached hydrogen (secondary N) is 2. The number of amides is 1. The third kappa shape index (κ3) is 3.32. The van der Waals surface area contributed by atoms with Crippen LogP contribution in [-0.4, -0.2) is 20.9 Å². The maximum Gasteiger partial charge on any atom is 0.240 e. The minimum Gasteiger partial charge on any atom is -0.326 e. The summed E-state index contributed by atoms with van der Waals surface area (Å²) in [6, 6.07) is 10.9. The molecule has 5 nitrogen and oxygen atoms in total. The van der Waals surface area contributed by atoms with Crippen molar-refractivity contribution < 1.29 is 17.6 Å². The molecule has 0 saturated carbocycles. The summed E-state index contributed by atoms with van der Waals surface area (Å²) in [6.07, 6.45) is 0.210. The van der Waals surface area contributed by atoms with Gasteiger partial charge in [-0.3, -0.25) is 4.79 Å². The van der Waals surface area contributed by atoms with E-state index in [1.54, 1.807) is 13.0 Å². The number of benzene rings is 2. The van der Waals surface area contributed by atoms with Crippen LogP contribution in [0.5, 0.6) is 0 Å². The number of anilines is 1. The van der Waals surface area contributed by atoms with E-state index in [0.29, 0.717) is 11.3 Å². The number of fused-ring (bicyclic) bond motifs is 1. The van der Waals surface area contributed by atoms with Crippen molar-refractivity contribution in [3.05, 3.63) is 59.4 Å². The van der Waals surface area contributed by atoms with Crippen molar-refractivity contribution in [1.82, 2.24) is 4.72 Å². The average Bonchev–Trinajstić information content (AvgIpc) is 2.52. The fourth-order valence-electron chi connectivity index (χ4n) is 2.89. The molecule has 0 aromatic heterocycles. The lowest BCUT2D eigenvalue weighted by Crippen LogP contribution is -2.33. The van der Waals surface area contributed by atoms with E-state index in [-0.39, 0.29) is 29.7 Å². The summed E-state index contributed by atoms with van der Waals surface area (Å²) in [5.41, 5.74) is 1.94. The third-order valence-electron chi connectivity index (χ3n) is 4.05. The molecule has 1 aliphatic rings. The molecule has 126 valence electrons. The van der Waals surface area contributed by atoms with Gasteiger partial charge in [-0.2, -0.15) is 0 Å². The Bertz CT molecular complexity index is 896. The standard InChI is InChI=1S/C17H17FN2O3S/c1-11-8-13(18)6-7-16(11)24(22,23)19-10-12-9-17(21)20-15-5-3-2-4-14(12)15/h2-8,12,19H,9-10H2,1H3,(H,20,21)/t12-/m1/s1. The lowest BCUT2D eigenvalue weighted by molar-refractivity contribution is -0.116. The van der Waals surface area contributed by atoms with Crippen molar-refractivity contribution in [3.8, 4) is 0 Å². The van der Waals surface area contributed by atoms with E-state index in [4.69, 9.17) is 0 Å². The van der Waals surface area contributed by atoms with Gasteiger partial charge in [0.2, 0.25) is 15.9 Å². The van der Waals surface area contributed by atoms with Crippen molar-refractivity contribution >= 4 is 21.6 Å². The van der Waals surface area contributed by atoms with Crippen LogP contribution < -0.4 is 10.0 Å². The van der Waals surface area contributed by atoms with Gasteiger partial charge in [-0.05, 0) is 42.3 Å². The predicted molar refractivity (Wildman–Crippen MR) is 88.8 cm³/mol. The summed E-state index contributed by atoms with van der Waals surface area (Å²) >= 11 is 0. The Labute approximate surface area is 139 Å². The van der Waals surface area contributed by atoms with Gasteiger partial charge in [0.15, 0.2) is 0 Å². The Balaban J connectivity index is 1.81. The van der Waals surface area contributed by atoms with Crippen molar-refractivity contribution in [2.45, 2.75) is 24.2 Å². The van der Waals surface area contributed by atoms with Crippen LogP contribution in [-0.2, 0) is 14.8 Å². The van der Waals surface area contributed by atoms with Crippen LogP contribution in [0.15, 0.2) is 47.4 Å². The number of halogens is 1. The van der Waals surface area contributed by atoms with Crippen LogP contribution in [0.1, 0.15) is 23.5 Å². The molecule has 2 N–H and O–H groups in total. The molecule has 0 aliphatic carbocycles. The minimum atomic E-state index is -3.78. The Morgan fingerprint density at radius 2 is 2.00 bits per heavy atom. The summed E-state index contributed by atoms with van der Waals surface area (Å²) in [7, 11) is -3.78. The first-order chi connectivity index (χ1) is 11.4. The van der Waals surface area contributed by atoms with Gasteiger partial charge in [0.25, 0.3) is 0 Å². The molecule has 3 rings (SSSR count). The molecule has 2 aromatic rings. The minimum absolute atomic E-state index is 0.0393. The van der Waals surface area contributed by atoms with E-state index in [1.807, 2.05) is 18.2 Å². The monoisotopic (exact) mass is 348 g/mol. The van der Waals surface area contributed by atoms with Crippen molar-refractivity contribution in [2.75, 3.05) is 11.9 Å². The van der Waals surface area contributed by atoms with Gasteiger partial charge in [0, 0.05) is 24.6 Å². The quantitative estimate of drug-likeness (QED) is 0.892. The molecule has 7 heteroatoms. The zero-order valence-electron chi connectivity index (χ0n) is 13.0. The summed E-state index contributed by atoms with van der Waals surface area (Å²) in [5, 5.41) is 2.78. The van der Waals surface area contributed by atoms with Gasteiger partial charge < -0.3 is 5.32 Å². The Morgan fingerprint density at radius 1 is 1.25 bits per heavy atom. The van der Waals surface area contributed by atoms with E-state index in [2.05, 4.69) is 10.0 Å². The Hall–Kier alpha value is -2.25. The summed E-state index contributed by atoms with van der Waals surface area (Å²) in [5.74, 6) is -0.870. The number of carbonyl (C=O) groups is 1. The van der Waals surface area contributed by atoms with Crippen molar-refractivity contribution in [1.29, 1.82) is 0 Å². The number of aryl methyl sites for hydroxylation is 1. The molecule has 1 heterocycles. The number of sulfonamides is 1. The van der Waals surface area contributed by atoms with E-state index in [1.165, 1.54) is 12.1 Å². The van der Waals surface area contributed by atoms with E-state index >= 15 is 0 Å². The molecule has 0 radical (unpaired) electrons. The van der Waals surface area contributed by atoms with Gasteiger partial charge in [-0.1, -0.05) is 18.2 Å². The van der Waals surface area contributed by atoms with Gasteiger partial charge in [-0.25, -0.2) is 17.5 Å². The molecular formula is C17H17FN2O3S. The zero-order valence-corrected chi connectivity index (χ0v) is 13.9. The fraction of sp³-hybridized carbons (Fsp3) is 0.235. The van der Waals surface area contributed by atoms with Crippen molar-refractivity contribution in [3.63, 3.8) is 0 Å². The molecule has 1 amide bonds. The van der Waals surface area contributed by atoms with Crippen LogP contribution in [0.2, 0.25) is 0 Å². The first kappa shape index (κ1) is 16.6. The number of carbonyl (C=O) groups excluding carboxylic acids is 1. The van der Waals surface area contributed by atoms with Crippen LogP contribution in [0.3, 0.4) is 0 Å². The highest BCUT2D eigenvalue weighted by molar-refractivity contribution is 7.89. The maximum absolute atomic E-state index is 13.2. The molecule has 1 atom stereocenters. The first-order valence-corrected chi connectivity index (χ1v) is 9.00. The van der Waals surface area contributed by atoms with Crippen LogP contribution in [0.25, 0.3) is 0 Å². The van der Waals surface area contributed by atoms with Gasteiger partial charge >= 0.3 is 0 Å². The third-order valence-corrected chi connectivity index (χ3v) is 5.64. The number of hydrogen-bond donors (Lipinski definition) is 2. The van der Waals surface area contributed by atoms with Crippen molar-refractivity contribution in [2.24, 2.45) is 0 Å². The molecule has 0 unspecified atom stereocenters. The van der Waals surface area contributed by atoms with E-state index in [0.717, 1.165) is 11.6 Å². The van der Waals surface area contributed by atoms with Crippen LogP contribution in [0, 0.1) is 12.7 Å². The molecule has 2 aromatic carbocycles. The molecular weight excluding hydrogens is 331 g/mol. The molecule has 24 heavy (non-hydrogen) atoms. The average molecular weight is 348 g/mol. The van der Waals surface area contributed by atoms with Gasteiger partial charge in [0.1, 0.15) is 5.82 Å². The second kappa shape index (κ2) is 6.33. The van der Waals surface area contributed by atoms with E-state index in [9.17, 15) is 17.6 Å².